The maximum absolute atomic E-state index is 3.52. The van der Waals surface area contributed by atoms with Crippen molar-refractivity contribution in [2.24, 2.45) is 0 Å². The SMILES string of the molecule is Cc1ccc2[c](c1)[Ge]([c]1ccccc1)([c]1ccccc1)[c]1cc(C)ccc1N2c1ccc2c(c1)Sc1ccccc1B2c1c(C(C)C)cc(C(C)C)cc1C(C)C. The van der Waals surface area contributed by atoms with Gasteiger partial charge < -0.3 is 0 Å². The summed E-state index contributed by atoms with van der Waals surface area (Å²) in [5, 5.41) is 0. The van der Waals surface area contributed by atoms with E-state index in [2.05, 4.69) is 212 Å². The van der Waals surface area contributed by atoms with E-state index >= 15 is 0 Å². The fourth-order valence-corrected chi connectivity index (χ4v) is 22.0. The third-order valence-corrected chi connectivity index (χ3v) is 23.8. The standard InChI is InChI=1S/C53H52BGeNS/c1-34(2)39-31-43(35(3)4)53(44(32-39)36(5)6)54-45-21-15-16-22-51(45)57-52-33-42(25-26-46(52)54)56-49-27-23-37(7)29-47(49)55(40-17-11-9-12-18-40,41-19-13-10-14-20-41)48-30-38(8)24-28-50(48)56/h9-36H,1-8H3. The average molecular weight is 818 g/mol. The van der Waals surface area contributed by atoms with Crippen molar-refractivity contribution in [1.82, 2.24) is 0 Å². The first-order valence-corrected chi connectivity index (χ1v) is 25.8. The van der Waals surface area contributed by atoms with Crippen molar-refractivity contribution in [3.8, 4) is 0 Å². The zero-order valence-electron chi connectivity index (χ0n) is 34.6. The molecule has 57 heavy (non-hydrogen) atoms. The molecule has 0 fully saturated rings. The number of aryl methyl sites for hydroxylation is 2. The van der Waals surface area contributed by atoms with Gasteiger partial charge in [0.1, 0.15) is 0 Å². The third-order valence-electron chi connectivity index (χ3n) is 12.5. The van der Waals surface area contributed by atoms with Gasteiger partial charge in [-0.2, -0.15) is 0 Å². The van der Waals surface area contributed by atoms with Crippen molar-refractivity contribution in [2.45, 2.75) is 82.9 Å². The summed E-state index contributed by atoms with van der Waals surface area (Å²) in [6.45, 7) is 18.9. The van der Waals surface area contributed by atoms with Crippen LogP contribution in [0.25, 0.3) is 0 Å². The number of rotatable bonds is 7. The molecular weight excluding hydrogens is 766 g/mol. The van der Waals surface area contributed by atoms with Gasteiger partial charge >= 0.3 is 330 Å². The van der Waals surface area contributed by atoms with Crippen LogP contribution >= 0.6 is 11.8 Å². The van der Waals surface area contributed by atoms with Gasteiger partial charge in [0, 0.05) is 0 Å². The average Bonchev–Trinajstić information content (AvgIpc) is 3.22. The zero-order chi connectivity index (χ0) is 39.6. The van der Waals surface area contributed by atoms with Gasteiger partial charge in [-0.3, -0.25) is 0 Å². The quantitative estimate of drug-likeness (QED) is 0.148. The van der Waals surface area contributed by atoms with Gasteiger partial charge in [-0.15, -0.1) is 0 Å². The Morgan fingerprint density at radius 1 is 0.491 bits per heavy atom. The Kier molecular flexibility index (Phi) is 9.90. The fourth-order valence-electron chi connectivity index (χ4n) is 9.75. The summed E-state index contributed by atoms with van der Waals surface area (Å²) >= 11 is -1.58. The molecule has 4 heteroatoms. The third kappa shape index (κ3) is 6.24. The van der Waals surface area contributed by atoms with E-state index in [0.29, 0.717) is 17.8 Å². The van der Waals surface area contributed by atoms with E-state index in [0.717, 1.165) is 0 Å². The van der Waals surface area contributed by atoms with E-state index < -0.39 is 13.3 Å². The number of benzene rings is 7. The molecule has 0 amide bonds. The van der Waals surface area contributed by atoms with E-state index in [-0.39, 0.29) is 6.71 Å². The van der Waals surface area contributed by atoms with Gasteiger partial charge in [0.2, 0.25) is 0 Å². The molecule has 282 valence electrons. The molecule has 0 spiro atoms. The van der Waals surface area contributed by atoms with Crippen molar-refractivity contribution in [2.75, 3.05) is 4.90 Å². The number of anilines is 3. The summed E-state index contributed by atoms with van der Waals surface area (Å²) in [4.78, 5) is 5.30. The van der Waals surface area contributed by atoms with Gasteiger partial charge in [0.05, 0.1) is 0 Å². The van der Waals surface area contributed by atoms with Crippen LogP contribution in [0.2, 0.25) is 0 Å². The van der Waals surface area contributed by atoms with Crippen molar-refractivity contribution in [3.63, 3.8) is 0 Å². The molecule has 2 aliphatic rings. The van der Waals surface area contributed by atoms with E-state index in [1.165, 1.54) is 88.6 Å². The summed E-state index contributed by atoms with van der Waals surface area (Å²) in [6, 6.07) is 59.0. The number of fused-ring (bicyclic) bond motifs is 4. The molecule has 1 nitrogen and oxygen atoms in total. The van der Waals surface area contributed by atoms with Crippen LogP contribution in [-0.2, 0) is 0 Å². The van der Waals surface area contributed by atoms with Crippen LogP contribution in [0, 0.1) is 13.8 Å². The van der Waals surface area contributed by atoms with Gasteiger partial charge in [-0.05, 0) is 5.92 Å². The van der Waals surface area contributed by atoms with E-state index in [9.17, 15) is 0 Å². The normalized spacial score (nSPS) is 14.1. The molecule has 0 atom stereocenters. The van der Waals surface area contributed by atoms with Crippen LogP contribution in [0.1, 0.15) is 87.1 Å². The molecule has 0 saturated heterocycles. The number of hydrogen-bond donors (Lipinski definition) is 0. The monoisotopic (exact) mass is 819 g/mol. The molecule has 0 radical (unpaired) electrons. The van der Waals surface area contributed by atoms with Gasteiger partial charge in [-0.25, -0.2) is 0 Å². The topological polar surface area (TPSA) is 3.24 Å². The predicted octanol–water partition coefficient (Wildman–Crippen LogP) is 9.82. The van der Waals surface area contributed by atoms with E-state index in [4.69, 9.17) is 0 Å². The van der Waals surface area contributed by atoms with Crippen LogP contribution in [0.5, 0.6) is 0 Å². The molecule has 0 aliphatic carbocycles. The van der Waals surface area contributed by atoms with Crippen LogP contribution in [0.15, 0.2) is 161 Å². The summed E-state index contributed by atoms with van der Waals surface area (Å²) < 4.78 is 5.92. The molecule has 7 aromatic carbocycles. The van der Waals surface area contributed by atoms with Crippen molar-refractivity contribution in [3.05, 3.63) is 179 Å². The first-order valence-electron chi connectivity index (χ1n) is 20.8. The Balaban J connectivity index is 1.30. The summed E-state index contributed by atoms with van der Waals surface area (Å²) in [5.41, 5.74) is 15.2. The van der Waals surface area contributed by atoms with Gasteiger partial charge in [0.15, 0.2) is 0 Å². The Morgan fingerprint density at radius 2 is 1.00 bits per heavy atom. The van der Waals surface area contributed by atoms with Crippen LogP contribution in [0.4, 0.5) is 17.1 Å². The fraction of sp³-hybridized carbons (Fsp3) is 0.208. The van der Waals surface area contributed by atoms with Crippen molar-refractivity contribution >= 4 is 82.8 Å². The van der Waals surface area contributed by atoms with Crippen molar-refractivity contribution < 1.29 is 0 Å². The Labute approximate surface area is 348 Å². The second-order valence-electron chi connectivity index (χ2n) is 17.2. The first-order chi connectivity index (χ1) is 27.6. The molecule has 0 saturated carbocycles. The predicted molar refractivity (Wildman–Crippen MR) is 252 cm³/mol. The molecule has 0 N–H and O–H groups in total. The van der Waals surface area contributed by atoms with Crippen LogP contribution in [-0.4, -0.2) is 20.0 Å². The second kappa shape index (κ2) is 14.9. The minimum atomic E-state index is -3.52. The van der Waals surface area contributed by atoms with Crippen LogP contribution in [0.3, 0.4) is 0 Å². The molecular formula is C53H52BGeNS. The first kappa shape index (κ1) is 37.9. The molecule has 2 heterocycles. The molecule has 0 aromatic heterocycles. The zero-order valence-corrected chi connectivity index (χ0v) is 37.5. The Morgan fingerprint density at radius 3 is 1.53 bits per heavy atom. The summed E-state index contributed by atoms with van der Waals surface area (Å²) in [6.07, 6.45) is 0. The van der Waals surface area contributed by atoms with Gasteiger partial charge in [0.25, 0.3) is 0 Å². The molecule has 2 aliphatic heterocycles. The molecule has 9 rings (SSSR count). The summed E-state index contributed by atoms with van der Waals surface area (Å²) in [5.74, 6) is 1.30. The summed E-state index contributed by atoms with van der Waals surface area (Å²) in [7, 11) is 0. The minimum absolute atomic E-state index is 0.160. The van der Waals surface area contributed by atoms with Crippen LogP contribution < -0.4 is 38.9 Å². The molecule has 7 aromatic rings. The number of hydrogen-bond acceptors (Lipinski definition) is 2. The second-order valence-corrected chi connectivity index (χ2v) is 26.1. The number of nitrogens with zero attached hydrogens (tertiary/aromatic N) is 1. The van der Waals surface area contributed by atoms with E-state index in [1.807, 2.05) is 11.8 Å². The van der Waals surface area contributed by atoms with Crippen molar-refractivity contribution in [1.29, 1.82) is 0 Å². The Hall–Kier alpha value is -4.70. The molecule has 0 unspecified atom stereocenters. The van der Waals surface area contributed by atoms with E-state index in [1.54, 1.807) is 0 Å². The Bertz CT molecular complexity index is 2510. The molecule has 0 bridgehead atoms. The van der Waals surface area contributed by atoms with Gasteiger partial charge in [-0.1, -0.05) is 13.8 Å². The maximum atomic E-state index is 2.59.